The molecular weight excluding hydrogens is 258 g/mol. The van der Waals surface area contributed by atoms with Crippen molar-refractivity contribution in [1.82, 2.24) is 0 Å². The summed E-state index contributed by atoms with van der Waals surface area (Å²) in [4.78, 5) is 0. The van der Waals surface area contributed by atoms with Crippen molar-refractivity contribution >= 4 is 22.9 Å². The topological polar surface area (TPSA) is 32.6 Å². The van der Waals surface area contributed by atoms with Gasteiger partial charge in [0.2, 0.25) is 0 Å². The van der Waals surface area contributed by atoms with Crippen molar-refractivity contribution in [2.75, 3.05) is 0 Å². The highest BCUT2D eigenvalue weighted by Gasteiger charge is 2.07. The standard InChI is InChI=1S/C16H14ClNO/c1-12(13-7-9-15(17)10-8-13)11-16(18-19)14-5-3-2-4-6-14/h2-10,19H,1,11H2/b18-16-. The zero-order valence-electron chi connectivity index (χ0n) is 10.4. The first kappa shape index (κ1) is 13.4. The van der Waals surface area contributed by atoms with Crippen LogP contribution in [-0.2, 0) is 0 Å². The van der Waals surface area contributed by atoms with E-state index in [0.717, 1.165) is 16.7 Å². The third-order valence-corrected chi connectivity index (χ3v) is 3.11. The molecule has 96 valence electrons. The van der Waals surface area contributed by atoms with E-state index in [0.29, 0.717) is 17.2 Å². The summed E-state index contributed by atoms with van der Waals surface area (Å²) < 4.78 is 0. The lowest BCUT2D eigenvalue weighted by molar-refractivity contribution is 0.318. The average molecular weight is 272 g/mol. The third-order valence-electron chi connectivity index (χ3n) is 2.86. The molecule has 0 aliphatic heterocycles. The number of allylic oxidation sites excluding steroid dienone is 1. The predicted octanol–water partition coefficient (Wildman–Crippen LogP) is 4.62. The fourth-order valence-electron chi connectivity index (χ4n) is 1.82. The van der Waals surface area contributed by atoms with Crippen LogP contribution < -0.4 is 0 Å². The minimum Gasteiger partial charge on any atom is -0.411 e. The largest absolute Gasteiger partial charge is 0.411 e. The number of halogens is 1. The number of nitrogens with zero attached hydrogens (tertiary/aromatic N) is 1. The van der Waals surface area contributed by atoms with Crippen LogP contribution in [0.15, 0.2) is 66.3 Å². The van der Waals surface area contributed by atoms with Crippen LogP contribution in [0.4, 0.5) is 0 Å². The highest BCUT2D eigenvalue weighted by atomic mass is 35.5. The number of hydrogen-bond donors (Lipinski definition) is 1. The van der Waals surface area contributed by atoms with Crippen LogP contribution in [-0.4, -0.2) is 10.9 Å². The molecule has 0 aliphatic carbocycles. The maximum absolute atomic E-state index is 9.15. The fraction of sp³-hybridized carbons (Fsp3) is 0.0625. The van der Waals surface area contributed by atoms with Crippen LogP contribution in [0.3, 0.4) is 0 Å². The highest BCUT2D eigenvalue weighted by Crippen LogP contribution is 2.21. The minimum absolute atomic E-state index is 0.488. The Bertz CT molecular complexity index is 588. The molecule has 0 spiro atoms. The van der Waals surface area contributed by atoms with E-state index in [4.69, 9.17) is 16.8 Å². The number of oxime groups is 1. The van der Waals surface area contributed by atoms with Gasteiger partial charge in [-0.3, -0.25) is 0 Å². The monoisotopic (exact) mass is 271 g/mol. The van der Waals surface area contributed by atoms with Gasteiger partial charge >= 0.3 is 0 Å². The molecule has 0 amide bonds. The first-order valence-corrected chi connectivity index (χ1v) is 6.28. The molecule has 0 bridgehead atoms. The van der Waals surface area contributed by atoms with Gasteiger partial charge in [0.1, 0.15) is 0 Å². The molecule has 2 nitrogen and oxygen atoms in total. The van der Waals surface area contributed by atoms with Gasteiger partial charge in [0.05, 0.1) is 5.71 Å². The minimum atomic E-state index is 0.488. The molecule has 0 saturated heterocycles. The molecule has 3 heteroatoms. The van der Waals surface area contributed by atoms with Crippen molar-refractivity contribution in [1.29, 1.82) is 0 Å². The highest BCUT2D eigenvalue weighted by molar-refractivity contribution is 6.30. The van der Waals surface area contributed by atoms with E-state index in [9.17, 15) is 0 Å². The number of hydrogen-bond acceptors (Lipinski definition) is 2. The summed E-state index contributed by atoms with van der Waals surface area (Å²) in [5, 5.41) is 13.2. The Morgan fingerprint density at radius 2 is 1.63 bits per heavy atom. The summed E-state index contributed by atoms with van der Waals surface area (Å²) in [6.07, 6.45) is 0.488. The lowest BCUT2D eigenvalue weighted by atomic mass is 9.98. The van der Waals surface area contributed by atoms with Crippen molar-refractivity contribution in [2.24, 2.45) is 5.16 Å². The molecule has 0 aliphatic rings. The molecule has 0 aromatic heterocycles. The molecule has 1 N–H and O–H groups in total. The average Bonchev–Trinajstić information content (AvgIpc) is 2.46. The molecule has 2 rings (SSSR count). The van der Waals surface area contributed by atoms with Crippen LogP contribution in [0.25, 0.3) is 5.57 Å². The number of benzene rings is 2. The molecule has 19 heavy (non-hydrogen) atoms. The Morgan fingerprint density at radius 1 is 1.00 bits per heavy atom. The second-order valence-electron chi connectivity index (χ2n) is 4.20. The summed E-state index contributed by atoms with van der Waals surface area (Å²) in [5.74, 6) is 0. The van der Waals surface area contributed by atoms with Gasteiger partial charge in [0, 0.05) is 11.4 Å². The van der Waals surface area contributed by atoms with E-state index >= 15 is 0 Å². The van der Waals surface area contributed by atoms with Crippen LogP contribution in [0.5, 0.6) is 0 Å². The summed E-state index contributed by atoms with van der Waals surface area (Å²) in [7, 11) is 0. The van der Waals surface area contributed by atoms with E-state index in [1.807, 2.05) is 54.6 Å². The summed E-state index contributed by atoms with van der Waals surface area (Å²) in [6, 6.07) is 17.0. The molecule has 0 radical (unpaired) electrons. The maximum atomic E-state index is 9.15. The molecule has 0 saturated carbocycles. The molecule has 0 atom stereocenters. The van der Waals surface area contributed by atoms with Gasteiger partial charge < -0.3 is 5.21 Å². The Kier molecular flexibility index (Phi) is 4.37. The van der Waals surface area contributed by atoms with E-state index in [-0.39, 0.29) is 0 Å². The van der Waals surface area contributed by atoms with Crippen molar-refractivity contribution < 1.29 is 5.21 Å². The van der Waals surface area contributed by atoms with Crippen molar-refractivity contribution in [3.63, 3.8) is 0 Å². The maximum Gasteiger partial charge on any atom is 0.0911 e. The zero-order valence-corrected chi connectivity index (χ0v) is 11.1. The molecular formula is C16H14ClNO. The fourth-order valence-corrected chi connectivity index (χ4v) is 1.94. The molecule has 0 heterocycles. The van der Waals surface area contributed by atoms with Gasteiger partial charge in [-0.05, 0) is 28.8 Å². The first-order valence-electron chi connectivity index (χ1n) is 5.91. The van der Waals surface area contributed by atoms with Crippen LogP contribution in [0.1, 0.15) is 17.5 Å². The summed E-state index contributed by atoms with van der Waals surface area (Å²) in [5.41, 5.74) is 3.36. The van der Waals surface area contributed by atoms with Gasteiger partial charge in [-0.15, -0.1) is 0 Å². The molecule has 2 aromatic carbocycles. The third kappa shape index (κ3) is 3.46. The van der Waals surface area contributed by atoms with Crippen LogP contribution >= 0.6 is 11.6 Å². The van der Waals surface area contributed by atoms with E-state index < -0.39 is 0 Å². The van der Waals surface area contributed by atoms with E-state index in [2.05, 4.69) is 11.7 Å². The summed E-state index contributed by atoms with van der Waals surface area (Å²) >= 11 is 5.85. The Hall–Kier alpha value is -2.06. The van der Waals surface area contributed by atoms with Gasteiger partial charge in [0.15, 0.2) is 0 Å². The van der Waals surface area contributed by atoms with Gasteiger partial charge in [0.25, 0.3) is 0 Å². The van der Waals surface area contributed by atoms with Gasteiger partial charge in [-0.1, -0.05) is 65.8 Å². The smallest absolute Gasteiger partial charge is 0.0911 e. The lowest BCUT2D eigenvalue weighted by Crippen LogP contribution is -2.02. The van der Waals surface area contributed by atoms with E-state index in [1.54, 1.807) is 0 Å². The zero-order chi connectivity index (χ0) is 13.7. The van der Waals surface area contributed by atoms with Crippen molar-refractivity contribution in [2.45, 2.75) is 6.42 Å². The van der Waals surface area contributed by atoms with E-state index in [1.165, 1.54) is 0 Å². The Balaban J connectivity index is 2.16. The molecule has 0 fully saturated rings. The SMILES string of the molecule is C=C(C/C(=N/O)c1ccccc1)c1ccc(Cl)cc1. The lowest BCUT2D eigenvalue weighted by Gasteiger charge is -2.08. The van der Waals surface area contributed by atoms with Crippen LogP contribution in [0, 0.1) is 0 Å². The number of rotatable bonds is 4. The molecule has 0 unspecified atom stereocenters. The van der Waals surface area contributed by atoms with Gasteiger partial charge in [-0.25, -0.2) is 0 Å². The Morgan fingerprint density at radius 3 is 2.21 bits per heavy atom. The van der Waals surface area contributed by atoms with Gasteiger partial charge in [-0.2, -0.15) is 0 Å². The first-order chi connectivity index (χ1) is 9.20. The second kappa shape index (κ2) is 6.21. The summed E-state index contributed by atoms with van der Waals surface area (Å²) in [6.45, 7) is 4.03. The Labute approximate surface area is 117 Å². The van der Waals surface area contributed by atoms with Crippen LogP contribution in [0.2, 0.25) is 5.02 Å². The predicted molar refractivity (Wildman–Crippen MR) is 79.9 cm³/mol. The second-order valence-corrected chi connectivity index (χ2v) is 4.64. The quantitative estimate of drug-likeness (QED) is 0.491. The normalized spacial score (nSPS) is 11.3. The van der Waals surface area contributed by atoms with Crippen molar-refractivity contribution in [3.8, 4) is 0 Å². The molecule has 2 aromatic rings. The van der Waals surface area contributed by atoms with Crippen molar-refractivity contribution in [3.05, 3.63) is 77.3 Å².